The van der Waals surface area contributed by atoms with Crippen molar-refractivity contribution in [3.8, 4) is 0 Å². The zero-order valence-electron chi connectivity index (χ0n) is 15.6. The van der Waals surface area contributed by atoms with Crippen LogP contribution >= 0.6 is 0 Å². The molecule has 0 aliphatic carbocycles. The molecular formula is C17H26N2O7S. The van der Waals surface area contributed by atoms with Crippen LogP contribution in [0.5, 0.6) is 0 Å². The molecule has 1 amide bonds. The first-order chi connectivity index (χ1) is 12.9. The van der Waals surface area contributed by atoms with Crippen LogP contribution in [-0.4, -0.2) is 64.6 Å². The first-order valence-electron chi connectivity index (χ1n) is 8.94. The van der Waals surface area contributed by atoms with Gasteiger partial charge in [0.15, 0.2) is 0 Å². The van der Waals surface area contributed by atoms with Crippen molar-refractivity contribution in [2.75, 3.05) is 40.0 Å². The molecule has 9 nitrogen and oxygen atoms in total. The first kappa shape index (κ1) is 21.4. The van der Waals surface area contributed by atoms with Gasteiger partial charge in [-0.25, -0.2) is 13.2 Å². The molecule has 2 rings (SSSR count). The highest BCUT2D eigenvalue weighted by Gasteiger charge is 2.34. The summed E-state index contributed by atoms with van der Waals surface area (Å²) in [6.45, 7) is 3.36. The molecule has 0 unspecified atom stereocenters. The Morgan fingerprint density at radius 2 is 2.00 bits per heavy atom. The lowest BCUT2D eigenvalue weighted by molar-refractivity contribution is -0.126. The lowest BCUT2D eigenvalue weighted by Crippen LogP contribution is -2.43. The van der Waals surface area contributed by atoms with Crippen molar-refractivity contribution in [1.29, 1.82) is 0 Å². The van der Waals surface area contributed by atoms with Crippen LogP contribution in [-0.2, 0) is 24.3 Å². The molecule has 0 atom stereocenters. The van der Waals surface area contributed by atoms with Crippen LogP contribution in [0, 0.1) is 5.92 Å². The Morgan fingerprint density at radius 3 is 2.63 bits per heavy atom. The Hall–Kier alpha value is -1.91. The van der Waals surface area contributed by atoms with Crippen molar-refractivity contribution >= 4 is 21.9 Å². The van der Waals surface area contributed by atoms with Crippen molar-refractivity contribution in [2.45, 2.75) is 31.3 Å². The average molecular weight is 402 g/mol. The minimum absolute atomic E-state index is 0.0641. The molecule has 27 heavy (non-hydrogen) atoms. The average Bonchev–Trinajstić information content (AvgIpc) is 3.16. The summed E-state index contributed by atoms with van der Waals surface area (Å²) in [6, 6.07) is 2.53. The van der Waals surface area contributed by atoms with Gasteiger partial charge in [-0.05, 0) is 38.3 Å². The van der Waals surface area contributed by atoms with E-state index >= 15 is 0 Å². The maximum Gasteiger partial charge on any atom is 0.374 e. The van der Waals surface area contributed by atoms with Gasteiger partial charge in [0.2, 0.25) is 16.8 Å². The number of methoxy groups -OCH3 is 1. The third-order valence-corrected chi connectivity index (χ3v) is 6.07. The molecule has 10 heteroatoms. The fourth-order valence-corrected chi connectivity index (χ4v) is 4.21. The fraction of sp³-hybridized carbons (Fsp3) is 0.647. The quantitative estimate of drug-likeness (QED) is 0.484. The van der Waals surface area contributed by atoms with E-state index in [1.165, 1.54) is 16.4 Å². The van der Waals surface area contributed by atoms with Crippen LogP contribution in [0.25, 0.3) is 0 Å². The Morgan fingerprint density at radius 1 is 1.30 bits per heavy atom. The van der Waals surface area contributed by atoms with Crippen molar-refractivity contribution < 1.29 is 31.9 Å². The van der Waals surface area contributed by atoms with Gasteiger partial charge in [0.1, 0.15) is 0 Å². The van der Waals surface area contributed by atoms with Crippen LogP contribution in [0.15, 0.2) is 21.6 Å². The van der Waals surface area contributed by atoms with E-state index in [-0.39, 0.29) is 42.4 Å². The third-order valence-electron chi connectivity index (χ3n) is 4.30. The number of rotatable bonds is 9. The normalized spacial score (nSPS) is 16.2. The molecule has 1 saturated heterocycles. The van der Waals surface area contributed by atoms with Gasteiger partial charge in [-0.2, -0.15) is 4.31 Å². The molecular weight excluding hydrogens is 376 g/mol. The minimum Gasteiger partial charge on any atom is -0.460 e. The largest absolute Gasteiger partial charge is 0.460 e. The number of hydrogen-bond donors (Lipinski definition) is 1. The van der Waals surface area contributed by atoms with E-state index in [0.29, 0.717) is 26.0 Å². The number of sulfonamides is 1. The summed E-state index contributed by atoms with van der Waals surface area (Å²) in [5.74, 6) is -1.14. The second-order valence-electron chi connectivity index (χ2n) is 6.15. The second kappa shape index (κ2) is 9.86. The standard InChI is InChI=1S/C17H26N2O7S/c1-3-25-17(21)14-5-6-15(26-14)27(22,23)19-10-7-13(8-11-19)16(20)18-9-4-12-24-2/h5-6,13H,3-4,7-12H2,1-2H3,(H,18,20). The van der Waals surface area contributed by atoms with Crippen molar-refractivity contribution in [3.05, 3.63) is 17.9 Å². The summed E-state index contributed by atoms with van der Waals surface area (Å²) in [7, 11) is -2.25. The van der Waals surface area contributed by atoms with E-state index in [0.717, 1.165) is 6.42 Å². The van der Waals surface area contributed by atoms with E-state index in [9.17, 15) is 18.0 Å². The first-order valence-corrected chi connectivity index (χ1v) is 10.4. The predicted molar refractivity (Wildman–Crippen MR) is 95.7 cm³/mol. The zero-order chi connectivity index (χ0) is 19.9. The summed E-state index contributed by atoms with van der Waals surface area (Å²) >= 11 is 0. The number of piperidine rings is 1. The molecule has 1 aromatic rings. The Kier molecular flexibility index (Phi) is 7.81. The van der Waals surface area contributed by atoms with Gasteiger partial charge in [-0.15, -0.1) is 0 Å². The Bertz CT molecular complexity index is 736. The Labute approximate surface area is 159 Å². The van der Waals surface area contributed by atoms with Crippen molar-refractivity contribution in [3.63, 3.8) is 0 Å². The molecule has 1 N–H and O–H groups in total. The SMILES string of the molecule is CCOC(=O)c1ccc(S(=O)(=O)N2CCC(C(=O)NCCCOC)CC2)o1. The molecule has 1 aliphatic heterocycles. The van der Waals surface area contributed by atoms with E-state index < -0.39 is 16.0 Å². The lowest BCUT2D eigenvalue weighted by Gasteiger charge is -2.29. The number of nitrogens with zero attached hydrogens (tertiary/aromatic N) is 1. The summed E-state index contributed by atoms with van der Waals surface area (Å²) in [6.07, 6.45) is 1.60. The maximum atomic E-state index is 12.7. The highest BCUT2D eigenvalue weighted by Crippen LogP contribution is 2.25. The molecule has 0 spiro atoms. The highest BCUT2D eigenvalue weighted by atomic mass is 32.2. The van der Waals surface area contributed by atoms with E-state index in [2.05, 4.69) is 5.32 Å². The van der Waals surface area contributed by atoms with Gasteiger partial charge >= 0.3 is 5.97 Å². The van der Waals surface area contributed by atoms with Crippen molar-refractivity contribution in [1.82, 2.24) is 9.62 Å². The summed E-state index contributed by atoms with van der Waals surface area (Å²) in [5, 5.41) is 2.55. The highest BCUT2D eigenvalue weighted by molar-refractivity contribution is 7.89. The topological polar surface area (TPSA) is 115 Å². The van der Waals surface area contributed by atoms with Gasteiger partial charge in [-0.3, -0.25) is 4.79 Å². The molecule has 0 aromatic carbocycles. The second-order valence-corrected chi connectivity index (χ2v) is 8.02. The third kappa shape index (κ3) is 5.53. The van der Waals surface area contributed by atoms with Crippen LogP contribution in [0.2, 0.25) is 0 Å². The summed E-state index contributed by atoms with van der Waals surface area (Å²) in [5.41, 5.74) is 0. The molecule has 0 saturated carbocycles. The minimum atomic E-state index is -3.85. The van der Waals surface area contributed by atoms with Gasteiger partial charge < -0.3 is 19.2 Å². The monoisotopic (exact) mass is 402 g/mol. The molecule has 0 radical (unpaired) electrons. The molecule has 152 valence electrons. The molecule has 0 bridgehead atoms. The van der Waals surface area contributed by atoms with E-state index in [4.69, 9.17) is 13.9 Å². The van der Waals surface area contributed by atoms with Crippen LogP contribution in [0.3, 0.4) is 0 Å². The van der Waals surface area contributed by atoms with Gasteiger partial charge in [0.05, 0.1) is 6.61 Å². The lowest BCUT2D eigenvalue weighted by atomic mass is 9.97. The van der Waals surface area contributed by atoms with Crippen molar-refractivity contribution in [2.24, 2.45) is 5.92 Å². The number of amides is 1. The predicted octanol–water partition coefficient (Wildman–Crippen LogP) is 1.01. The van der Waals surface area contributed by atoms with Gasteiger partial charge in [0, 0.05) is 39.3 Å². The number of hydrogen-bond acceptors (Lipinski definition) is 7. The number of furan rings is 1. The summed E-state index contributed by atoms with van der Waals surface area (Å²) in [4.78, 5) is 23.8. The number of ether oxygens (including phenoxy) is 2. The van der Waals surface area contributed by atoms with Gasteiger partial charge in [0.25, 0.3) is 10.0 Å². The van der Waals surface area contributed by atoms with Crippen LogP contribution in [0.1, 0.15) is 36.7 Å². The van der Waals surface area contributed by atoms with E-state index in [1.54, 1.807) is 14.0 Å². The number of nitrogens with one attached hydrogen (secondary N) is 1. The maximum absolute atomic E-state index is 12.7. The number of carbonyl (C=O) groups is 2. The van der Waals surface area contributed by atoms with Crippen LogP contribution in [0.4, 0.5) is 0 Å². The Balaban J connectivity index is 1.91. The summed E-state index contributed by atoms with van der Waals surface area (Å²) < 4.78 is 41.5. The molecule has 1 aromatic heterocycles. The zero-order valence-corrected chi connectivity index (χ0v) is 16.4. The van der Waals surface area contributed by atoms with Gasteiger partial charge in [-0.1, -0.05) is 0 Å². The number of carbonyl (C=O) groups excluding carboxylic acids is 2. The van der Waals surface area contributed by atoms with E-state index in [1.807, 2.05) is 0 Å². The smallest absolute Gasteiger partial charge is 0.374 e. The fourth-order valence-electron chi connectivity index (χ4n) is 2.83. The molecule has 1 fully saturated rings. The molecule has 2 heterocycles. The molecule has 1 aliphatic rings. The van der Waals surface area contributed by atoms with Crippen LogP contribution < -0.4 is 5.32 Å². The number of esters is 1.